The molecule has 0 rings (SSSR count). The summed E-state index contributed by atoms with van der Waals surface area (Å²) in [5.74, 6) is 0. The Labute approximate surface area is 333 Å². The first-order chi connectivity index (χ1) is 25.3. The van der Waals surface area contributed by atoms with E-state index in [1.54, 1.807) is 0 Å². The smallest absolute Gasteiger partial charge is 0.0158 e. The average molecular weight is 732 g/mol. The van der Waals surface area contributed by atoms with Gasteiger partial charge in [0.25, 0.3) is 0 Å². The molecule has 0 atom stereocenters. The van der Waals surface area contributed by atoms with Crippen molar-refractivity contribution in [3.05, 3.63) is 0 Å². The maximum absolute atomic E-state index is 3.00. The molecule has 0 aliphatic carbocycles. The minimum atomic E-state index is 0.301. The zero-order valence-electron chi connectivity index (χ0n) is 38.1. The van der Waals surface area contributed by atoms with E-state index in [1.165, 1.54) is 270 Å². The van der Waals surface area contributed by atoms with E-state index in [2.05, 4.69) is 53.4 Å². The van der Waals surface area contributed by atoms with Crippen molar-refractivity contribution in [1.82, 2.24) is 4.90 Å². The Kier molecular flexibility index (Phi) is 39.2. The molecule has 0 amide bonds. The first-order valence-corrected chi connectivity index (χ1v) is 25.1. The van der Waals surface area contributed by atoms with Gasteiger partial charge in [-0.1, -0.05) is 265 Å². The third-order valence-corrected chi connectivity index (χ3v) is 12.7. The second-order valence-electron chi connectivity index (χ2n) is 19.0. The van der Waals surface area contributed by atoms with E-state index in [1.807, 2.05) is 0 Å². The number of hydrogen-bond donors (Lipinski definition) is 0. The molecule has 314 valence electrons. The zero-order valence-corrected chi connectivity index (χ0v) is 38.1. The van der Waals surface area contributed by atoms with Crippen LogP contribution in [0.25, 0.3) is 0 Å². The van der Waals surface area contributed by atoms with Crippen molar-refractivity contribution in [1.29, 1.82) is 0 Å². The summed E-state index contributed by atoms with van der Waals surface area (Å²) in [5, 5.41) is 0. The second-order valence-corrected chi connectivity index (χ2v) is 19.0. The van der Waals surface area contributed by atoms with Gasteiger partial charge in [-0.3, -0.25) is 4.90 Å². The summed E-state index contributed by atoms with van der Waals surface area (Å²) in [7, 11) is 0. The van der Waals surface area contributed by atoms with Crippen LogP contribution in [0, 0.1) is 0 Å². The molecule has 0 spiro atoms. The molecular weight excluding hydrogens is 627 g/mol. The van der Waals surface area contributed by atoms with Gasteiger partial charge in [-0.25, -0.2) is 0 Å². The average Bonchev–Trinajstić information content (AvgIpc) is 3.12. The first-order valence-electron chi connectivity index (χ1n) is 25.1. The topological polar surface area (TPSA) is 3.24 Å². The molecule has 0 fully saturated rings. The zero-order chi connectivity index (χ0) is 38.3. The van der Waals surface area contributed by atoms with Crippen molar-refractivity contribution in [2.45, 2.75) is 323 Å². The van der Waals surface area contributed by atoms with Crippen LogP contribution in [-0.4, -0.2) is 22.5 Å². The van der Waals surface area contributed by atoms with Gasteiger partial charge in [0, 0.05) is 11.1 Å². The molecule has 0 aromatic carbocycles. The lowest BCUT2D eigenvalue weighted by Gasteiger charge is -2.49. The lowest BCUT2D eigenvalue weighted by atomic mass is 9.85. The van der Waals surface area contributed by atoms with Crippen LogP contribution in [0.4, 0.5) is 0 Å². The van der Waals surface area contributed by atoms with Crippen LogP contribution in [0.3, 0.4) is 0 Å². The molecule has 0 N–H and O–H groups in total. The van der Waals surface area contributed by atoms with E-state index in [0.29, 0.717) is 11.1 Å². The van der Waals surface area contributed by atoms with Gasteiger partial charge in [0.1, 0.15) is 0 Å². The molecule has 0 aromatic heterocycles. The molecular formula is C51H105N. The van der Waals surface area contributed by atoms with E-state index in [9.17, 15) is 0 Å². The van der Waals surface area contributed by atoms with Gasteiger partial charge in [-0.15, -0.1) is 0 Å². The fraction of sp³-hybridized carbons (Fsp3) is 1.00. The molecule has 52 heavy (non-hydrogen) atoms. The monoisotopic (exact) mass is 732 g/mol. The van der Waals surface area contributed by atoms with E-state index < -0.39 is 0 Å². The predicted octanol–water partition coefficient (Wildman–Crippen LogP) is 18.9. The molecule has 0 bridgehead atoms. The van der Waals surface area contributed by atoms with Crippen LogP contribution >= 0.6 is 0 Å². The Bertz CT molecular complexity index is 622. The van der Waals surface area contributed by atoms with Crippen LogP contribution in [0.15, 0.2) is 0 Å². The highest BCUT2D eigenvalue weighted by Gasteiger charge is 2.36. The van der Waals surface area contributed by atoms with Gasteiger partial charge in [-0.05, 0) is 53.5 Å². The Morgan fingerprint density at radius 1 is 0.231 bits per heavy atom. The van der Waals surface area contributed by atoms with E-state index >= 15 is 0 Å². The first kappa shape index (κ1) is 52.0. The van der Waals surface area contributed by atoms with Crippen LogP contribution < -0.4 is 0 Å². The van der Waals surface area contributed by atoms with Crippen molar-refractivity contribution in [3.63, 3.8) is 0 Å². The summed E-state index contributed by atoms with van der Waals surface area (Å²) in [6.07, 6.45) is 59.2. The van der Waals surface area contributed by atoms with Crippen molar-refractivity contribution in [3.8, 4) is 0 Å². The second kappa shape index (κ2) is 39.2. The van der Waals surface area contributed by atoms with Crippen molar-refractivity contribution in [2.24, 2.45) is 0 Å². The maximum Gasteiger partial charge on any atom is 0.0158 e. The Hall–Kier alpha value is -0.0400. The normalized spacial score (nSPS) is 12.5. The molecule has 0 aliphatic heterocycles. The summed E-state index contributed by atoms with van der Waals surface area (Å²) >= 11 is 0. The fourth-order valence-corrected chi connectivity index (χ4v) is 9.13. The fourth-order valence-electron chi connectivity index (χ4n) is 9.13. The van der Waals surface area contributed by atoms with E-state index in [4.69, 9.17) is 0 Å². The largest absolute Gasteiger partial charge is 0.293 e. The third kappa shape index (κ3) is 34.5. The lowest BCUT2D eigenvalue weighted by Crippen LogP contribution is -2.55. The van der Waals surface area contributed by atoms with E-state index in [-0.39, 0.29) is 0 Å². The highest BCUT2D eigenvalue weighted by atomic mass is 15.2. The minimum Gasteiger partial charge on any atom is -0.293 e. The summed E-state index contributed by atoms with van der Waals surface area (Å²) in [6.45, 7) is 18.7. The Morgan fingerprint density at radius 3 is 0.615 bits per heavy atom. The molecule has 1 nitrogen and oxygen atoms in total. The minimum absolute atomic E-state index is 0.301. The molecule has 1 heteroatoms. The number of hydrogen-bond acceptors (Lipinski definition) is 1. The number of rotatable bonds is 44. The van der Waals surface area contributed by atoms with Crippen molar-refractivity contribution >= 4 is 0 Å². The third-order valence-electron chi connectivity index (χ3n) is 12.7. The van der Waals surface area contributed by atoms with Crippen LogP contribution in [0.1, 0.15) is 312 Å². The molecule has 0 aliphatic rings. The quantitative estimate of drug-likeness (QED) is 0.0564. The Balaban J connectivity index is 4.50. The maximum atomic E-state index is 3.00. The van der Waals surface area contributed by atoms with Gasteiger partial charge in [-0.2, -0.15) is 0 Å². The van der Waals surface area contributed by atoms with Gasteiger partial charge < -0.3 is 0 Å². The highest BCUT2D eigenvalue weighted by Crippen LogP contribution is 2.34. The standard InChI is InChI=1S/C51H105N/c1-8-11-14-17-20-23-26-29-32-35-38-41-44-47-50(4,5)52(49-46-43-40-37-34-31-28-25-22-19-16-13-10-3)51(6,7)48-45-42-39-36-33-30-27-24-21-18-15-12-9-2/h8-49H2,1-7H3. The van der Waals surface area contributed by atoms with Gasteiger partial charge in [0.2, 0.25) is 0 Å². The van der Waals surface area contributed by atoms with Crippen molar-refractivity contribution in [2.75, 3.05) is 6.54 Å². The summed E-state index contributed by atoms with van der Waals surface area (Å²) in [5.41, 5.74) is 0.601. The molecule has 0 heterocycles. The predicted molar refractivity (Wildman–Crippen MR) is 241 cm³/mol. The Morgan fingerprint density at radius 2 is 0.404 bits per heavy atom. The molecule has 0 saturated heterocycles. The van der Waals surface area contributed by atoms with Gasteiger partial charge >= 0.3 is 0 Å². The van der Waals surface area contributed by atoms with Gasteiger partial charge in [0.05, 0.1) is 0 Å². The highest BCUT2D eigenvalue weighted by molar-refractivity contribution is 4.92. The van der Waals surface area contributed by atoms with Crippen molar-refractivity contribution < 1.29 is 0 Å². The van der Waals surface area contributed by atoms with Gasteiger partial charge in [0.15, 0.2) is 0 Å². The van der Waals surface area contributed by atoms with Crippen LogP contribution in [0.5, 0.6) is 0 Å². The van der Waals surface area contributed by atoms with E-state index in [0.717, 1.165) is 0 Å². The molecule has 0 aromatic rings. The summed E-state index contributed by atoms with van der Waals surface area (Å²) < 4.78 is 0. The number of unbranched alkanes of at least 4 members (excludes halogenated alkanes) is 36. The lowest BCUT2D eigenvalue weighted by molar-refractivity contribution is 0.00151. The molecule has 0 unspecified atom stereocenters. The summed E-state index contributed by atoms with van der Waals surface area (Å²) in [4.78, 5) is 3.00. The number of nitrogens with zero attached hydrogens (tertiary/aromatic N) is 1. The van der Waals surface area contributed by atoms with Crippen LogP contribution in [0.2, 0.25) is 0 Å². The molecule has 0 radical (unpaired) electrons. The summed E-state index contributed by atoms with van der Waals surface area (Å²) in [6, 6.07) is 0. The van der Waals surface area contributed by atoms with Crippen LogP contribution in [-0.2, 0) is 0 Å². The SMILES string of the molecule is CCCCCCCCCCCCCCCN(C(C)(C)CCCCCCCCCCCCCCC)C(C)(C)CCCCCCCCCCCCCCC. The molecule has 0 saturated carbocycles.